The number of nitrogens with one attached hydrogen (secondary N) is 1. The maximum atomic E-state index is 12.7. The number of benzene rings is 1. The Labute approximate surface area is 119 Å². The number of alkyl halides is 6. The van der Waals surface area contributed by atoms with E-state index in [9.17, 15) is 26.3 Å². The number of hydrogen-bond donors (Lipinski definition) is 1. The van der Waals surface area contributed by atoms with Crippen molar-refractivity contribution in [2.24, 2.45) is 0 Å². The first-order valence-corrected chi connectivity index (χ1v) is 6.59. The largest absolute Gasteiger partial charge is 0.416 e. The van der Waals surface area contributed by atoms with Crippen molar-refractivity contribution in [1.82, 2.24) is 5.32 Å². The lowest BCUT2D eigenvalue weighted by Crippen LogP contribution is -2.27. The fourth-order valence-corrected chi connectivity index (χ4v) is 1.96. The molecule has 1 N–H and O–H groups in total. The second-order valence-electron chi connectivity index (χ2n) is 4.81. The van der Waals surface area contributed by atoms with E-state index in [1.165, 1.54) is 0 Å². The van der Waals surface area contributed by atoms with Crippen LogP contribution in [0.15, 0.2) is 18.2 Å². The standard InChI is InChI=1S/C14H17F6N/c1-3-12(4-2)21-8-9-5-10(13(15,16)17)7-11(6-9)14(18,19)20/h5-7,12,21H,3-4,8H2,1-2H3. The Morgan fingerprint density at radius 3 is 1.62 bits per heavy atom. The van der Waals surface area contributed by atoms with Gasteiger partial charge in [-0.05, 0) is 36.6 Å². The molecule has 21 heavy (non-hydrogen) atoms. The van der Waals surface area contributed by atoms with E-state index in [2.05, 4.69) is 5.32 Å². The Morgan fingerprint density at radius 1 is 0.857 bits per heavy atom. The van der Waals surface area contributed by atoms with Crippen LogP contribution in [0, 0.1) is 0 Å². The summed E-state index contributed by atoms with van der Waals surface area (Å²) in [7, 11) is 0. The van der Waals surface area contributed by atoms with Gasteiger partial charge in [-0.3, -0.25) is 0 Å². The Kier molecular flexibility index (Phi) is 5.67. The Morgan fingerprint density at radius 2 is 1.29 bits per heavy atom. The monoisotopic (exact) mass is 313 g/mol. The van der Waals surface area contributed by atoms with Crippen molar-refractivity contribution in [2.75, 3.05) is 0 Å². The first-order valence-electron chi connectivity index (χ1n) is 6.59. The van der Waals surface area contributed by atoms with Crippen molar-refractivity contribution < 1.29 is 26.3 Å². The predicted molar refractivity (Wildman–Crippen MR) is 67.7 cm³/mol. The summed E-state index contributed by atoms with van der Waals surface area (Å²) in [6.45, 7) is 3.77. The van der Waals surface area contributed by atoms with Gasteiger partial charge in [-0.15, -0.1) is 0 Å². The van der Waals surface area contributed by atoms with Crippen LogP contribution in [-0.4, -0.2) is 6.04 Å². The topological polar surface area (TPSA) is 12.0 Å². The van der Waals surface area contributed by atoms with Crippen LogP contribution in [-0.2, 0) is 18.9 Å². The highest BCUT2D eigenvalue weighted by Gasteiger charge is 2.36. The molecule has 7 heteroatoms. The summed E-state index contributed by atoms with van der Waals surface area (Å²) in [6, 6.07) is 1.71. The third-order valence-electron chi connectivity index (χ3n) is 3.23. The molecule has 0 spiro atoms. The molecule has 0 amide bonds. The molecule has 0 fully saturated rings. The Bertz CT molecular complexity index is 427. The maximum absolute atomic E-state index is 12.7. The van der Waals surface area contributed by atoms with Gasteiger partial charge in [0.1, 0.15) is 0 Å². The van der Waals surface area contributed by atoms with Gasteiger partial charge in [0.2, 0.25) is 0 Å². The van der Waals surface area contributed by atoms with Gasteiger partial charge in [-0.2, -0.15) is 26.3 Å². The molecular weight excluding hydrogens is 296 g/mol. The summed E-state index contributed by atoms with van der Waals surface area (Å²) in [4.78, 5) is 0. The van der Waals surface area contributed by atoms with E-state index in [0.717, 1.165) is 25.0 Å². The molecule has 0 saturated heterocycles. The zero-order chi connectivity index (χ0) is 16.3. The summed E-state index contributed by atoms with van der Waals surface area (Å²) < 4.78 is 76.1. The van der Waals surface area contributed by atoms with Gasteiger partial charge in [0, 0.05) is 12.6 Å². The van der Waals surface area contributed by atoms with Crippen molar-refractivity contribution in [3.8, 4) is 0 Å². The molecule has 0 aliphatic carbocycles. The van der Waals surface area contributed by atoms with Crippen molar-refractivity contribution in [3.05, 3.63) is 34.9 Å². The van der Waals surface area contributed by atoms with Gasteiger partial charge in [0.05, 0.1) is 11.1 Å². The van der Waals surface area contributed by atoms with Crippen molar-refractivity contribution in [2.45, 2.75) is 51.6 Å². The van der Waals surface area contributed by atoms with E-state index in [1.807, 2.05) is 13.8 Å². The van der Waals surface area contributed by atoms with E-state index in [1.54, 1.807) is 0 Å². The van der Waals surface area contributed by atoms with Gasteiger partial charge >= 0.3 is 12.4 Å². The molecule has 0 bridgehead atoms. The molecule has 0 aliphatic heterocycles. The van der Waals surface area contributed by atoms with Gasteiger partial charge in [-0.25, -0.2) is 0 Å². The Hall–Kier alpha value is -1.24. The van der Waals surface area contributed by atoms with Gasteiger partial charge in [-0.1, -0.05) is 13.8 Å². The molecule has 1 aromatic carbocycles. The molecule has 0 aromatic heterocycles. The molecular formula is C14H17F6N. The second-order valence-corrected chi connectivity index (χ2v) is 4.81. The van der Waals surface area contributed by atoms with E-state index in [4.69, 9.17) is 0 Å². The SMILES string of the molecule is CCC(CC)NCc1cc(C(F)(F)F)cc(C(F)(F)F)c1. The number of hydrogen-bond acceptors (Lipinski definition) is 1. The van der Waals surface area contributed by atoms with Crippen molar-refractivity contribution in [1.29, 1.82) is 0 Å². The number of rotatable bonds is 5. The Balaban J connectivity index is 3.08. The highest BCUT2D eigenvalue weighted by atomic mass is 19.4. The van der Waals surface area contributed by atoms with Crippen LogP contribution in [0.1, 0.15) is 43.4 Å². The lowest BCUT2D eigenvalue weighted by Gasteiger charge is -2.17. The summed E-state index contributed by atoms with van der Waals surface area (Å²) in [6.07, 6.45) is -8.10. The molecule has 0 heterocycles. The first-order chi connectivity index (χ1) is 9.57. The molecule has 0 radical (unpaired) electrons. The van der Waals surface area contributed by atoms with Gasteiger partial charge < -0.3 is 5.32 Å². The molecule has 0 saturated carbocycles. The highest BCUT2D eigenvalue weighted by molar-refractivity contribution is 5.33. The third-order valence-corrected chi connectivity index (χ3v) is 3.23. The van der Waals surface area contributed by atoms with E-state index >= 15 is 0 Å². The van der Waals surface area contributed by atoms with Gasteiger partial charge in [0.25, 0.3) is 0 Å². The lowest BCUT2D eigenvalue weighted by atomic mass is 10.0. The minimum Gasteiger partial charge on any atom is -0.310 e. The maximum Gasteiger partial charge on any atom is 0.416 e. The van der Waals surface area contributed by atoms with E-state index in [0.29, 0.717) is 0 Å². The summed E-state index contributed by atoms with van der Waals surface area (Å²) in [5.74, 6) is 0. The van der Waals surface area contributed by atoms with Crippen LogP contribution >= 0.6 is 0 Å². The number of halogens is 6. The zero-order valence-corrected chi connectivity index (χ0v) is 11.7. The lowest BCUT2D eigenvalue weighted by molar-refractivity contribution is -0.143. The molecule has 1 rings (SSSR count). The fraction of sp³-hybridized carbons (Fsp3) is 0.571. The fourth-order valence-electron chi connectivity index (χ4n) is 1.96. The summed E-state index contributed by atoms with van der Waals surface area (Å²) in [5.41, 5.74) is -2.58. The quantitative estimate of drug-likeness (QED) is 0.754. The molecule has 0 atom stereocenters. The van der Waals surface area contributed by atoms with Crippen LogP contribution in [0.3, 0.4) is 0 Å². The molecule has 1 aromatic rings. The molecule has 0 unspecified atom stereocenters. The summed E-state index contributed by atoms with van der Waals surface area (Å²) >= 11 is 0. The second kappa shape index (κ2) is 6.68. The highest BCUT2D eigenvalue weighted by Crippen LogP contribution is 2.36. The predicted octanol–water partition coefficient (Wildman–Crippen LogP) is 5.00. The van der Waals surface area contributed by atoms with Crippen molar-refractivity contribution >= 4 is 0 Å². The molecule has 1 nitrogen and oxygen atoms in total. The average Bonchev–Trinajstić information content (AvgIpc) is 2.37. The normalized spacial score (nSPS) is 13.0. The average molecular weight is 313 g/mol. The van der Waals surface area contributed by atoms with Crippen LogP contribution in [0.5, 0.6) is 0 Å². The smallest absolute Gasteiger partial charge is 0.310 e. The minimum absolute atomic E-state index is 0.0240. The van der Waals surface area contributed by atoms with E-state index in [-0.39, 0.29) is 24.2 Å². The molecule has 0 aliphatic rings. The third kappa shape index (κ3) is 5.22. The van der Waals surface area contributed by atoms with Crippen LogP contribution in [0.25, 0.3) is 0 Å². The summed E-state index contributed by atoms with van der Waals surface area (Å²) in [5, 5.41) is 2.96. The first kappa shape index (κ1) is 17.8. The van der Waals surface area contributed by atoms with Crippen LogP contribution in [0.4, 0.5) is 26.3 Å². The van der Waals surface area contributed by atoms with Crippen LogP contribution in [0.2, 0.25) is 0 Å². The van der Waals surface area contributed by atoms with E-state index < -0.39 is 23.5 Å². The van der Waals surface area contributed by atoms with Crippen LogP contribution < -0.4 is 5.32 Å². The molecule has 120 valence electrons. The zero-order valence-electron chi connectivity index (χ0n) is 11.7. The van der Waals surface area contributed by atoms with Crippen molar-refractivity contribution in [3.63, 3.8) is 0 Å². The van der Waals surface area contributed by atoms with Gasteiger partial charge in [0.15, 0.2) is 0 Å². The minimum atomic E-state index is -4.80.